The Bertz CT molecular complexity index is 3290. The predicted molar refractivity (Wildman–Crippen MR) is 246 cm³/mol. The van der Waals surface area contributed by atoms with E-state index in [0.717, 1.165) is 72.0 Å². The molecule has 11 aromatic rings. The lowest BCUT2D eigenvalue weighted by atomic mass is 10.0. The Hall–Kier alpha value is -8.42. The molecule has 0 unspecified atom stereocenters. The second-order valence-corrected chi connectivity index (χ2v) is 14.8. The Morgan fingerprint density at radius 2 is 0.656 bits per heavy atom. The molecule has 286 valence electrons. The molecule has 0 amide bonds. The van der Waals surface area contributed by atoms with Gasteiger partial charge < -0.3 is 4.57 Å². The first-order valence-electron chi connectivity index (χ1n) is 20.2. The smallest absolute Gasteiger partial charge is 0.166 e. The molecule has 0 bridgehead atoms. The molecule has 0 saturated carbocycles. The Morgan fingerprint density at radius 3 is 1.25 bits per heavy atom. The van der Waals surface area contributed by atoms with Crippen LogP contribution in [0.4, 0.5) is 0 Å². The lowest BCUT2D eigenvalue weighted by Crippen LogP contribution is -2.04. The van der Waals surface area contributed by atoms with Crippen LogP contribution in [0.5, 0.6) is 0 Å². The highest BCUT2D eigenvalue weighted by atomic mass is 15.1. The molecule has 0 aliphatic carbocycles. The molecular formula is C54H35N7. The van der Waals surface area contributed by atoms with Crippen molar-refractivity contribution in [1.29, 1.82) is 0 Å². The molecule has 3 heterocycles. The minimum atomic E-state index is 0.573. The molecule has 0 saturated heterocycles. The van der Waals surface area contributed by atoms with Gasteiger partial charge in [-0.15, -0.1) is 0 Å². The molecule has 61 heavy (non-hydrogen) atoms. The van der Waals surface area contributed by atoms with Gasteiger partial charge in [-0.1, -0.05) is 182 Å². The van der Waals surface area contributed by atoms with Crippen LogP contribution >= 0.6 is 0 Å². The third kappa shape index (κ3) is 6.80. The van der Waals surface area contributed by atoms with E-state index in [4.69, 9.17) is 29.9 Å². The summed E-state index contributed by atoms with van der Waals surface area (Å²) in [6.45, 7) is 0. The van der Waals surface area contributed by atoms with Gasteiger partial charge in [0, 0.05) is 44.2 Å². The monoisotopic (exact) mass is 781 g/mol. The average molecular weight is 782 g/mol. The quantitative estimate of drug-likeness (QED) is 0.153. The third-order valence-electron chi connectivity index (χ3n) is 10.9. The first kappa shape index (κ1) is 35.7. The summed E-state index contributed by atoms with van der Waals surface area (Å²) in [5, 5.41) is 2.23. The second-order valence-electron chi connectivity index (χ2n) is 14.8. The fourth-order valence-corrected chi connectivity index (χ4v) is 7.97. The third-order valence-corrected chi connectivity index (χ3v) is 10.9. The first-order chi connectivity index (χ1) is 30.2. The predicted octanol–water partition coefficient (Wildman–Crippen LogP) is 12.8. The highest BCUT2D eigenvalue weighted by Gasteiger charge is 2.21. The molecule has 0 N–H and O–H groups in total. The van der Waals surface area contributed by atoms with Gasteiger partial charge in [0.05, 0.1) is 16.7 Å². The van der Waals surface area contributed by atoms with Gasteiger partial charge >= 0.3 is 0 Å². The summed E-state index contributed by atoms with van der Waals surface area (Å²) in [6, 6.07) is 72.3. The van der Waals surface area contributed by atoms with Gasteiger partial charge in [0.25, 0.3) is 0 Å². The highest BCUT2D eigenvalue weighted by molar-refractivity contribution is 6.10. The van der Waals surface area contributed by atoms with Crippen LogP contribution in [0.25, 0.3) is 107 Å². The van der Waals surface area contributed by atoms with E-state index >= 15 is 0 Å². The fourth-order valence-electron chi connectivity index (χ4n) is 7.97. The van der Waals surface area contributed by atoms with Crippen molar-refractivity contribution in [2.24, 2.45) is 0 Å². The average Bonchev–Trinajstić information content (AvgIpc) is 3.68. The minimum Gasteiger partial charge on any atom is -0.308 e. The summed E-state index contributed by atoms with van der Waals surface area (Å²) in [6.07, 6.45) is 0. The van der Waals surface area contributed by atoms with E-state index in [1.807, 2.05) is 103 Å². The van der Waals surface area contributed by atoms with E-state index in [-0.39, 0.29) is 0 Å². The van der Waals surface area contributed by atoms with Crippen LogP contribution < -0.4 is 0 Å². The molecule has 11 rings (SSSR count). The molecule has 7 heteroatoms. The molecule has 0 aliphatic rings. The van der Waals surface area contributed by atoms with Crippen LogP contribution in [0, 0.1) is 0 Å². The number of hydrogen-bond donors (Lipinski definition) is 0. The molecule has 0 spiro atoms. The van der Waals surface area contributed by atoms with Crippen molar-refractivity contribution in [3.8, 4) is 85.1 Å². The number of aromatic nitrogens is 7. The molecular weight excluding hydrogens is 747 g/mol. The van der Waals surface area contributed by atoms with Crippen LogP contribution in [0.1, 0.15) is 0 Å². The number of rotatable bonds is 8. The first-order valence-corrected chi connectivity index (χ1v) is 20.2. The van der Waals surface area contributed by atoms with E-state index in [1.54, 1.807) is 0 Å². The van der Waals surface area contributed by atoms with Gasteiger partial charge in [0.1, 0.15) is 0 Å². The Labute approximate surface area is 352 Å². The van der Waals surface area contributed by atoms with Crippen molar-refractivity contribution in [3.63, 3.8) is 0 Å². The van der Waals surface area contributed by atoms with Gasteiger partial charge in [-0.25, -0.2) is 29.9 Å². The van der Waals surface area contributed by atoms with E-state index in [9.17, 15) is 0 Å². The topological polar surface area (TPSA) is 82.3 Å². The second kappa shape index (κ2) is 15.4. The van der Waals surface area contributed by atoms with Crippen LogP contribution in [0.2, 0.25) is 0 Å². The SMILES string of the molecule is c1ccc(-c2cccc(-c3nc(-c4ccccc4)nc(-c4ccccc4-n4c5ccccc5c5ccc(-c6nc(-c7ccccc7)nc(-c7ccccc7)n6)cc54)n3)c2)cc1. The summed E-state index contributed by atoms with van der Waals surface area (Å²) >= 11 is 0. The zero-order valence-corrected chi connectivity index (χ0v) is 32.8. The van der Waals surface area contributed by atoms with Crippen molar-refractivity contribution >= 4 is 21.8 Å². The molecule has 0 radical (unpaired) electrons. The van der Waals surface area contributed by atoms with Gasteiger partial charge in [0.15, 0.2) is 34.9 Å². The molecule has 7 nitrogen and oxygen atoms in total. The maximum Gasteiger partial charge on any atom is 0.166 e. The number of para-hydroxylation sites is 2. The molecule has 3 aromatic heterocycles. The number of hydrogen-bond acceptors (Lipinski definition) is 6. The largest absolute Gasteiger partial charge is 0.308 e. The van der Waals surface area contributed by atoms with Crippen molar-refractivity contribution < 1.29 is 0 Å². The van der Waals surface area contributed by atoms with E-state index in [2.05, 4.69) is 114 Å². The van der Waals surface area contributed by atoms with Crippen molar-refractivity contribution in [2.75, 3.05) is 0 Å². The van der Waals surface area contributed by atoms with E-state index in [1.165, 1.54) is 0 Å². The normalized spacial score (nSPS) is 11.3. The van der Waals surface area contributed by atoms with Crippen molar-refractivity contribution in [3.05, 3.63) is 212 Å². The summed E-state index contributed by atoms with van der Waals surface area (Å²) in [4.78, 5) is 30.6. The van der Waals surface area contributed by atoms with E-state index < -0.39 is 0 Å². The molecule has 8 aromatic carbocycles. The zero-order valence-electron chi connectivity index (χ0n) is 32.8. The highest BCUT2D eigenvalue weighted by Crippen LogP contribution is 2.38. The van der Waals surface area contributed by atoms with Crippen molar-refractivity contribution in [1.82, 2.24) is 34.5 Å². The maximum absolute atomic E-state index is 5.24. The number of benzene rings is 8. The van der Waals surface area contributed by atoms with Gasteiger partial charge in [-0.3, -0.25) is 0 Å². The fraction of sp³-hybridized carbons (Fsp3) is 0. The summed E-state index contributed by atoms with van der Waals surface area (Å²) in [5.41, 5.74) is 10.6. The zero-order chi connectivity index (χ0) is 40.5. The molecule has 0 aliphatic heterocycles. The Morgan fingerprint density at radius 1 is 0.246 bits per heavy atom. The number of nitrogens with zero attached hydrogens (tertiary/aromatic N) is 7. The molecule has 0 fully saturated rings. The van der Waals surface area contributed by atoms with Crippen LogP contribution in [0.3, 0.4) is 0 Å². The van der Waals surface area contributed by atoms with E-state index in [0.29, 0.717) is 34.9 Å². The van der Waals surface area contributed by atoms with Gasteiger partial charge in [-0.05, 0) is 41.5 Å². The van der Waals surface area contributed by atoms with Crippen LogP contribution in [-0.2, 0) is 0 Å². The van der Waals surface area contributed by atoms with Gasteiger partial charge in [-0.2, -0.15) is 0 Å². The van der Waals surface area contributed by atoms with Crippen LogP contribution in [0.15, 0.2) is 212 Å². The summed E-state index contributed by atoms with van der Waals surface area (Å²) in [7, 11) is 0. The lowest BCUT2D eigenvalue weighted by molar-refractivity contribution is 1.06. The Balaban J connectivity index is 1.11. The minimum absolute atomic E-state index is 0.573. The summed E-state index contributed by atoms with van der Waals surface area (Å²) < 4.78 is 2.31. The maximum atomic E-state index is 5.24. The van der Waals surface area contributed by atoms with Crippen molar-refractivity contribution in [2.45, 2.75) is 0 Å². The van der Waals surface area contributed by atoms with Crippen LogP contribution in [-0.4, -0.2) is 34.5 Å². The molecule has 0 atom stereocenters. The van der Waals surface area contributed by atoms with Gasteiger partial charge in [0.2, 0.25) is 0 Å². The lowest BCUT2D eigenvalue weighted by Gasteiger charge is -2.15. The summed E-state index contributed by atoms with van der Waals surface area (Å²) in [5.74, 6) is 3.59. The Kier molecular flexibility index (Phi) is 9.02. The standard InChI is InChI=1S/C54H35N7/c1-5-18-36(19-6-1)40-26-17-27-41(34-40)52-58-51(39-24-11-4-12-25-39)59-54(60-52)45-29-14-16-31-47(45)61-46-30-15-13-28-43(46)44-33-32-42(35-48(44)61)53-56-49(37-20-7-2-8-21-37)55-50(57-53)38-22-9-3-10-23-38/h1-35H. The number of fused-ring (bicyclic) bond motifs is 3.